The average molecular weight is 316 g/mol. The van der Waals surface area contributed by atoms with Gasteiger partial charge in [0.25, 0.3) is 5.91 Å². The number of nitrogens with zero attached hydrogens (tertiary/aromatic N) is 1. The van der Waals surface area contributed by atoms with E-state index in [1.807, 2.05) is 5.32 Å². The number of imide groups is 2. The van der Waals surface area contributed by atoms with E-state index in [1.165, 1.54) is 4.90 Å². The average Bonchev–Trinajstić information content (AvgIpc) is 2.97. The first-order chi connectivity index (χ1) is 10.5. The smallest absolute Gasteiger partial charge is 0.326 e. The van der Waals surface area contributed by atoms with Crippen molar-refractivity contribution in [3.05, 3.63) is 0 Å². The molecule has 6 amide bonds. The van der Waals surface area contributed by atoms with Gasteiger partial charge in [0.15, 0.2) is 6.17 Å². The second kappa shape index (κ2) is 7.16. The summed E-state index contributed by atoms with van der Waals surface area (Å²) < 4.78 is 18.2. The van der Waals surface area contributed by atoms with Crippen LogP contribution in [0.25, 0.3) is 0 Å². The number of carbonyl (C=O) groups excluding carboxylic acids is 4. The van der Waals surface area contributed by atoms with Crippen molar-refractivity contribution in [1.29, 1.82) is 0 Å². The van der Waals surface area contributed by atoms with Gasteiger partial charge in [-0.05, 0) is 12.8 Å². The van der Waals surface area contributed by atoms with Gasteiger partial charge in [0.1, 0.15) is 6.23 Å². The zero-order chi connectivity index (χ0) is 16.1. The molecule has 0 aromatic rings. The minimum atomic E-state index is -1.64. The van der Waals surface area contributed by atoms with Crippen LogP contribution in [0.4, 0.5) is 14.0 Å². The highest BCUT2D eigenvalue weighted by Crippen LogP contribution is 2.19. The number of halogens is 1. The molecular formula is C12H17FN4O5. The third kappa shape index (κ3) is 4.13. The molecule has 3 aliphatic rings. The summed E-state index contributed by atoms with van der Waals surface area (Å²) in [5.41, 5.74) is 0. The molecule has 22 heavy (non-hydrogen) atoms. The van der Waals surface area contributed by atoms with Crippen molar-refractivity contribution in [1.82, 2.24) is 20.9 Å². The lowest BCUT2D eigenvalue weighted by Gasteiger charge is -2.32. The minimum absolute atomic E-state index is 0.199. The van der Waals surface area contributed by atoms with Crippen molar-refractivity contribution in [2.24, 2.45) is 0 Å². The van der Waals surface area contributed by atoms with Crippen LogP contribution < -0.4 is 16.0 Å². The van der Waals surface area contributed by atoms with Gasteiger partial charge in [-0.25, -0.2) is 14.0 Å². The van der Waals surface area contributed by atoms with Gasteiger partial charge in [0, 0.05) is 19.6 Å². The number of ether oxygens (including phenoxy) is 1. The highest BCUT2D eigenvalue weighted by atomic mass is 19.1. The maximum absolute atomic E-state index is 13.0. The highest BCUT2D eigenvalue weighted by Gasteiger charge is 2.37. The number of carbonyl (C=O) groups is 4. The number of urea groups is 2. The van der Waals surface area contributed by atoms with Gasteiger partial charge < -0.3 is 10.1 Å². The van der Waals surface area contributed by atoms with Crippen molar-refractivity contribution >= 4 is 23.9 Å². The van der Waals surface area contributed by atoms with Gasteiger partial charge in [0.05, 0.1) is 6.54 Å². The number of hydrogen-bond donors (Lipinski definition) is 3. The Labute approximate surface area is 125 Å². The molecule has 3 N–H and O–H groups in total. The van der Waals surface area contributed by atoms with Gasteiger partial charge in [-0.2, -0.15) is 0 Å². The molecule has 10 heteroatoms. The van der Waals surface area contributed by atoms with Crippen LogP contribution in [-0.2, 0) is 14.3 Å². The van der Waals surface area contributed by atoms with Crippen LogP contribution in [0, 0.1) is 0 Å². The predicted octanol–water partition coefficient (Wildman–Crippen LogP) is -0.771. The number of hydrogen-bond acceptors (Lipinski definition) is 5. The van der Waals surface area contributed by atoms with Gasteiger partial charge in [-0.15, -0.1) is 0 Å². The standard InChI is InChI=1S/C8H11FN2O3.C4H6N2O2/c9-5-4-11(6-2-1-3-14-6)8(13)10-7(5)12;7-3-1-2-5-4(8)6-3/h5-6H,1-4H2,(H,10,12,13);1-2H2,(H2,5,6,7,8). The summed E-state index contributed by atoms with van der Waals surface area (Å²) in [6.07, 6.45) is -0.0578. The first-order valence-electron chi connectivity index (χ1n) is 6.92. The van der Waals surface area contributed by atoms with Crippen molar-refractivity contribution in [2.45, 2.75) is 31.7 Å². The summed E-state index contributed by atoms with van der Waals surface area (Å²) in [4.78, 5) is 43.8. The summed E-state index contributed by atoms with van der Waals surface area (Å²) in [7, 11) is 0. The molecule has 122 valence electrons. The normalized spacial score (nSPS) is 28.3. The topological polar surface area (TPSA) is 117 Å². The summed E-state index contributed by atoms with van der Waals surface area (Å²) in [5.74, 6) is -1.06. The Morgan fingerprint density at radius 3 is 2.50 bits per heavy atom. The summed E-state index contributed by atoms with van der Waals surface area (Å²) in [6, 6.07) is -0.947. The van der Waals surface area contributed by atoms with E-state index in [9.17, 15) is 23.6 Å². The predicted molar refractivity (Wildman–Crippen MR) is 70.3 cm³/mol. The molecule has 3 aliphatic heterocycles. The Balaban J connectivity index is 0.000000188. The summed E-state index contributed by atoms with van der Waals surface area (Å²) >= 11 is 0. The molecule has 3 fully saturated rings. The van der Waals surface area contributed by atoms with Crippen LogP contribution in [0.5, 0.6) is 0 Å². The molecule has 0 saturated carbocycles. The SMILES string of the molecule is O=C1CCNC(=O)N1.O=C1NC(=O)N(C2CCCO2)CC1F. The van der Waals surface area contributed by atoms with Crippen molar-refractivity contribution in [3.8, 4) is 0 Å². The van der Waals surface area contributed by atoms with Crippen molar-refractivity contribution in [3.63, 3.8) is 0 Å². The third-order valence-corrected chi connectivity index (χ3v) is 3.28. The van der Waals surface area contributed by atoms with Crippen LogP contribution in [0.15, 0.2) is 0 Å². The van der Waals surface area contributed by atoms with Gasteiger partial charge >= 0.3 is 12.1 Å². The van der Waals surface area contributed by atoms with E-state index in [2.05, 4.69) is 10.6 Å². The highest BCUT2D eigenvalue weighted by molar-refractivity contribution is 5.99. The van der Waals surface area contributed by atoms with E-state index in [0.29, 0.717) is 26.0 Å². The van der Waals surface area contributed by atoms with Crippen LogP contribution in [0.1, 0.15) is 19.3 Å². The molecule has 0 spiro atoms. The second-order valence-corrected chi connectivity index (χ2v) is 4.94. The summed E-state index contributed by atoms with van der Waals surface area (Å²) in [6.45, 7) is 0.847. The molecule has 3 rings (SSSR count). The monoisotopic (exact) mass is 316 g/mol. The van der Waals surface area contributed by atoms with Gasteiger partial charge in [-0.3, -0.25) is 25.1 Å². The van der Waals surface area contributed by atoms with E-state index < -0.39 is 18.1 Å². The molecule has 0 aromatic carbocycles. The number of alkyl halides is 1. The zero-order valence-corrected chi connectivity index (χ0v) is 11.8. The Hall–Kier alpha value is -2.23. The quantitative estimate of drug-likeness (QED) is 0.587. The van der Waals surface area contributed by atoms with Gasteiger partial charge in [0.2, 0.25) is 5.91 Å². The fourth-order valence-corrected chi connectivity index (χ4v) is 2.17. The Morgan fingerprint density at radius 1 is 1.18 bits per heavy atom. The van der Waals surface area contributed by atoms with Crippen molar-refractivity contribution < 1.29 is 28.3 Å². The Bertz CT molecular complexity index is 466. The Kier molecular flexibility index (Phi) is 5.26. The Morgan fingerprint density at radius 2 is 1.95 bits per heavy atom. The summed E-state index contributed by atoms with van der Waals surface area (Å²) in [5, 5.41) is 6.48. The molecule has 0 aliphatic carbocycles. The molecule has 2 unspecified atom stereocenters. The second-order valence-electron chi connectivity index (χ2n) is 4.94. The lowest BCUT2D eigenvalue weighted by atomic mass is 10.2. The molecule has 2 atom stereocenters. The molecule has 3 heterocycles. The zero-order valence-electron chi connectivity index (χ0n) is 11.8. The lowest BCUT2D eigenvalue weighted by molar-refractivity contribution is -0.129. The maximum atomic E-state index is 13.0. The number of nitrogens with one attached hydrogen (secondary N) is 3. The number of amides is 6. The molecule has 0 aromatic heterocycles. The maximum Gasteiger partial charge on any atom is 0.326 e. The van der Waals surface area contributed by atoms with Crippen LogP contribution in [-0.4, -0.2) is 60.9 Å². The molecule has 3 saturated heterocycles. The van der Waals surface area contributed by atoms with Crippen LogP contribution in [0.3, 0.4) is 0 Å². The van der Waals surface area contributed by atoms with E-state index in [0.717, 1.165) is 6.42 Å². The lowest BCUT2D eigenvalue weighted by Crippen LogP contribution is -2.58. The van der Waals surface area contributed by atoms with E-state index in [1.54, 1.807) is 0 Å². The molecular weight excluding hydrogens is 299 g/mol. The van der Waals surface area contributed by atoms with Crippen LogP contribution >= 0.6 is 0 Å². The van der Waals surface area contributed by atoms with E-state index >= 15 is 0 Å². The van der Waals surface area contributed by atoms with E-state index in [4.69, 9.17) is 4.74 Å². The largest absolute Gasteiger partial charge is 0.358 e. The minimum Gasteiger partial charge on any atom is -0.358 e. The van der Waals surface area contributed by atoms with E-state index in [-0.39, 0.29) is 24.7 Å². The van der Waals surface area contributed by atoms with Crippen molar-refractivity contribution in [2.75, 3.05) is 19.7 Å². The fourth-order valence-electron chi connectivity index (χ4n) is 2.17. The first kappa shape index (κ1) is 16.1. The fraction of sp³-hybridized carbons (Fsp3) is 0.667. The molecule has 0 bridgehead atoms. The first-order valence-corrected chi connectivity index (χ1v) is 6.92. The number of rotatable bonds is 1. The van der Waals surface area contributed by atoms with Crippen LogP contribution in [0.2, 0.25) is 0 Å². The molecule has 0 radical (unpaired) electrons. The van der Waals surface area contributed by atoms with Gasteiger partial charge in [-0.1, -0.05) is 0 Å². The molecule has 9 nitrogen and oxygen atoms in total. The third-order valence-electron chi connectivity index (χ3n) is 3.28.